The standard InChI is InChI=1S/C24H24N4O4/c1-15(26-23(30)22(32-24(25)31)16-8-3-2-4-9-16)18-14-20(28-13-7-12-21(28)29)27-19-11-6-5-10-17(18)19/h2-6,8-11,14-15,22H,7,12-13H2,1H3,(H2,25,31)(H,26,30). The molecule has 0 aliphatic carbocycles. The van der Waals surface area contributed by atoms with Crippen molar-refractivity contribution >= 4 is 34.6 Å². The first-order valence-electron chi connectivity index (χ1n) is 10.5. The lowest BCUT2D eigenvalue weighted by Crippen LogP contribution is -2.35. The molecule has 0 bridgehead atoms. The van der Waals surface area contributed by atoms with Gasteiger partial charge in [0, 0.05) is 23.9 Å². The number of benzene rings is 2. The lowest BCUT2D eigenvalue weighted by Gasteiger charge is -2.23. The maximum atomic E-state index is 13.1. The molecule has 3 N–H and O–H groups in total. The summed E-state index contributed by atoms with van der Waals surface area (Å²) in [4.78, 5) is 43.1. The van der Waals surface area contributed by atoms with Crippen LogP contribution in [0.15, 0.2) is 60.7 Å². The number of fused-ring (bicyclic) bond motifs is 1. The second-order valence-corrected chi connectivity index (χ2v) is 7.69. The van der Waals surface area contributed by atoms with Crippen molar-refractivity contribution in [3.8, 4) is 0 Å². The van der Waals surface area contributed by atoms with Gasteiger partial charge in [0.2, 0.25) is 12.0 Å². The minimum absolute atomic E-state index is 0.0365. The highest BCUT2D eigenvalue weighted by atomic mass is 16.6. The minimum Gasteiger partial charge on any atom is -0.431 e. The number of anilines is 1. The Morgan fingerprint density at radius 2 is 1.84 bits per heavy atom. The number of hydrogen-bond acceptors (Lipinski definition) is 5. The third kappa shape index (κ3) is 4.39. The summed E-state index contributed by atoms with van der Waals surface area (Å²) in [5, 5.41) is 3.78. The fraction of sp³-hybridized carbons (Fsp3) is 0.250. The van der Waals surface area contributed by atoms with Gasteiger partial charge in [-0.05, 0) is 31.0 Å². The predicted octanol–water partition coefficient (Wildman–Crippen LogP) is 3.38. The molecule has 2 atom stereocenters. The number of primary amides is 1. The van der Waals surface area contributed by atoms with Gasteiger partial charge >= 0.3 is 6.09 Å². The molecular weight excluding hydrogens is 408 g/mol. The van der Waals surface area contributed by atoms with Gasteiger partial charge in [-0.2, -0.15) is 0 Å². The van der Waals surface area contributed by atoms with Crippen LogP contribution in [0.4, 0.5) is 10.6 Å². The van der Waals surface area contributed by atoms with Gasteiger partial charge in [-0.3, -0.25) is 14.5 Å². The molecule has 1 aliphatic heterocycles. The number of carbonyl (C=O) groups is 3. The Labute approximate surface area is 185 Å². The minimum atomic E-state index is -1.18. The molecule has 8 nitrogen and oxygen atoms in total. The van der Waals surface area contributed by atoms with Gasteiger partial charge in [-0.15, -0.1) is 0 Å². The van der Waals surface area contributed by atoms with E-state index in [2.05, 4.69) is 10.3 Å². The molecule has 8 heteroatoms. The Bertz CT molecular complexity index is 1170. The number of carbonyl (C=O) groups excluding carboxylic acids is 3. The third-order valence-corrected chi connectivity index (χ3v) is 5.48. The molecule has 164 valence electrons. The molecule has 3 aromatic rings. The SMILES string of the molecule is CC(NC(=O)C(OC(N)=O)c1ccccc1)c1cc(N2CCCC2=O)nc2ccccc12. The van der Waals surface area contributed by atoms with Crippen LogP contribution >= 0.6 is 0 Å². The van der Waals surface area contributed by atoms with E-state index in [0.717, 1.165) is 22.9 Å². The van der Waals surface area contributed by atoms with Crippen LogP contribution in [0.2, 0.25) is 0 Å². The number of pyridine rings is 1. The third-order valence-electron chi connectivity index (χ3n) is 5.48. The van der Waals surface area contributed by atoms with E-state index in [4.69, 9.17) is 10.5 Å². The molecule has 1 aliphatic rings. The molecule has 0 saturated carbocycles. The number of rotatable bonds is 6. The second kappa shape index (κ2) is 9.05. The van der Waals surface area contributed by atoms with Crippen LogP contribution < -0.4 is 16.0 Å². The van der Waals surface area contributed by atoms with Crippen molar-refractivity contribution in [2.75, 3.05) is 11.4 Å². The van der Waals surface area contributed by atoms with E-state index in [1.54, 1.807) is 35.2 Å². The van der Waals surface area contributed by atoms with Crippen molar-refractivity contribution < 1.29 is 19.1 Å². The Morgan fingerprint density at radius 3 is 2.53 bits per heavy atom. The summed E-state index contributed by atoms with van der Waals surface area (Å²) in [6.45, 7) is 2.45. The van der Waals surface area contributed by atoms with E-state index in [0.29, 0.717) is 24.3 Å². The van der Waals surface area contributed by atoms with E-state index in [1.165, 1.54) is 0 Å². The van der Waals surface area contributed by atoms with Crippen LogP contribution in [-0.2, 0) is 14.3 Å². The van der Waals surface area contributed by atoms with Crippen molar-refractivity contribution in [2.24, 2.45) is 5.73 Å². The van der Waals surface area contributed by atoms with Crippen molar-refractivity contribution in [2.45, 2.75) is 31.9 Å². The summed E-state index contributed by atoms with van der Waals surface area (Å²) < 4.78 is 5.10. The first-order valence-corrected chi connectivity index (χ1v) is 10.5. The summed E-state index contributed by atoms with van der Waals surface area (Å²) in [5.41, 5.74) is 7.25. The fourth-order valence-corrected chi connectivity index (χ4v) is 3.96. The summed E-state index contributed by atoms with van der Waals surface area (Å²) in [6, 6.07) is 17.6. The zero-order valence-electron chi connectivity index (χ0n) is 17.7. The number of ether oxygens (including phenoxy) is 1. The van der Waals surface area contributed by atoms with Crippen LogP contribution in [0.5, 0.6) is 0 Å². The zero-order chi connectivity index (χ0) is 22.7. The van der Waals surface area contributed by atoms with Gasteiger partial charge in [0.05, 0.1) is 11.6 Å². The summed E-state index contributed by atoms with van der Waals surface area (Å²) >= 11 is 0. The number of aromatic nitrogens is 1. The number of hydrogen-bond donors (Lipinski definition) is 2. The van der Waals surface area contributed by atoms with Crippen LogP contribution in [-0.4, -0.2) is 29.4 Å². The maximum absolute atomic E-state index is 13.1. The average Bonchev–Trinajstić information content (AvgIpc) is 3.23. The molecule has 2 heterocycles. The van der Waals surface area contributed by atoms with Gasteiger partial charge in [0.25, 0.3) is 5.91 Å². The molecule has 1 aromatic heterocycles. The lowest BCUT2D eigenvalue weighted by atomic mass is 10.0. The average molecular weight is 432 g/mol. The van der Waals surface area contributed by atoms with Crippen molar-refractivity contribution in [3.63, 3.8) is 0 Å². The molecule has 2 aromatic carbocycles. The topological polar surface area (TPSA) is 115 Å². The normalized spacial score (nSPS) is 15.4. The van der Waals surface area contributed by atoms with Crippen LogP contribution in [0.1, 0.15) is 43.0 Å². The van der Waals surface area contributed by atoms with Gasteiger partial charge in [-0.1, -0.05) is 48.5 Å². The molecule has 0 spiro atoms. The Kier molecular flexibility index (Phi) is 6.02. The fourth-order valence-electron chi connectivity index (χ4n) is 3.96. The number of para-hydroxylation sites is 1. The highest BCUT2D eigenvalue weighted by Gasteiger charge is 2.28. The number of nitrogens with zero attached hydrogens (tertiary/aromatic N) is 2. The first kappa shape index (κ1) is 21.3. The first-order chi connectivity index (χ1) is 15.4. The zero-order valence-corrected chi connectivity index (χ0v) is 17.7. The van der Waals surface area contributed by atoms with Gasteiger partial charge in [0.15, 0.2) is 0 Å². The quantitative estimate of drug-likeness (QED) is 0.620. The van der Waals surface area contributed by atoms with Crippen LogP contribution in [0, 0.1) is 0 Å². The van der Waals surface area contributed by atoms with E-state index in [1.807, 2.05) is 37.3 Å². The Balaban J connectivity index is 1.66. The monoisotopic (exact) mass is 432 g/mol. The summed E-state index contributed by atoms with van der Waals surface area (Å²) in [7, 11) is 0. The molecule has 32 heavy (non-hydrogen) atoms. The molecule has 2 unspecified atom stereocenters. The van der Waals surface area contributed by atoms with Gasteiger partial charge in [0.1, 0.15) is 5.82 Å². The van der Waals surface area contributed by atoms with Crippen molar-refractivity contribution in [3.05, 3.63) is 71.8 Å². The number of amides is 3. The summed E-state index contributed by atoms with van der Waals surface area (Å²) in [5.74, 6) is 0.104. The van der Waals surface area contributed by atoms with E-state index < -0.39 is 24.1 Å². The summed E-state index contributed by atoms with van der Waals surface area (Å²) in [6.07, 6.45) is -0.924. The second-order valence-electron chi connectivity index (χ2n) is 7.69. The molecular formula is C24H24N4O4. The molecule has 0 radical (unpaired) electrons. The number of nitrogens with one attached hydrogen (secondary N) is 1. The largest absolute Gasteiger partial charge is 0.431 e. The smallest absolute Gasteiger partial charge is 0.405 e. The molecule has 4 rings (SSSR count). The highest BCUT2D eigenvalue weighted by Crippen LogP contribution is 2.30. The molecule has 1 saturated heterocycles. The Hall–Kier alpha value is -3.94. The highest BCUT2D eigenvalue weighted by molar-refractivity contribution is 5.96. The maximum Gasteiger partial charge on any atom is 0.405 e. The molecule has 1 fully saturated rings. The van der Waals surface area contributed by atoms with Crippen molar-refractivity contribution in [1.82, 2.24) is 10.3 Å². The lowest BCUT2D eigenvalue weighted by molar-refractivity contribution is -0.130. The van der Waals surface area contributed by atoms with E-state index in [-0.39, 0.29) is 5.91 Å². The van der Waals surface area contributed by atoms with E-state index >= 15 is 0 Å². The van der Waals surface area contributed by atoms with Crippen molar-refractivity contribution in [1.29, 1.82) is 0 Å². The van der Waals surface area contributed by atoms with Crippen LogP contribution in [0.3, 0.4) is 0 Å². The van der Waals surface area contributed by atoms with E-state index in [9.17, 15) is 14.4 Å². The van der Waals surface area contributed by atoms with Gasteiger partial charge < -0.3 is 15.8 Å². The van der Waals surface area contributed by atoms with Crippen LogP contribution in [0.25, 0.3) is 10.9 Å². The predicted molar refractivity (Wildman–Crippen MR) is 120 cm³/mol. The molecule has 3 amide bonds. The Morgan fingerprint density at radius 1 is 1.12 bits per heavy atom. The van der Waals surface area contributed by atoms with Gasteiger partial charge in [-0.25, -0.2) is 9.78 Å². The number of nitrogens with two attached hydrogens (primary N) is 1.